The normalized spacial score (nSPS) is 35.7. The second kappa shape index (κ2) is 4.22. The Labute approximate surface area is 89.0 Å². The van der Waals surface area contributed by atoms with E-state index in [1.54, 1.807) is 0 Å². The van der Waals surface area contributed by atoms with E-state index in [0.29, 0.717) is 6.04 Å². The van der Waals surface area contributed by atoms with Gasteiger partial charge in [-0.25, -0.2) is 0 Å². The van der Waals surface area contributed by atoms with Crippen molar-refractivity contribution in [2.45, 2.75) is 31.7 Å². The van der Waals surface area contributed by atoms with Gasteiger partial charge in [-0.3, -0.25) is 10.3 Å². The van der Waals surface area contributed by atoms with Crippen molar-refractivity contribution in [3.8, 4) is 6.19 Å². The second-order valence-corrected chi connectivity index (χ2v) is 4.91. The zero-order valence-corrected chi connectivity index (χ0v) is 9.18. The molecule has 1 N–H and O–H groups in total. The van der Waals surface area contributed by atoms with Gasteiger partial charge in [0, 0.05) is 0 Å². The molecular formula is C10H15N3S. The van der Waals surface area contributed by atoms with Crippen molar-refractivity contribution in [2.24, 2.45) is 16.8 Å². The van der Waals surface area contributed by atoms with E-state index in [0.717, 1.165) is 17.0 Å². The Morgan fingerprint density at radius 2 is 2.36 bits per heavy atom. The van der Waals surface area contributed by atoms with Crippen LogP contribution < -0.4 is 5.32 Å². The predicted molar refractivity (Wildman–Crippen MR) is 58.9 cm³/mol. The van der Waals surface area contributed by atoms with Gasteiger partial charge >= 0.3 is 0 Å². The van der Waals surface area contributed by atoms with Crippen LogP contribution in [-0.2, 0) is 0 Å². The van der Waals surface area contributed by atoms with Gasteiger partial charge in [-0.2, -0.15) is 5.26 Å². The van der Waals surface area contributed by atoms with Crippen LogP contribution in [-0.4, -0.2) is 17.5 Å². The molecule has 0 unspecified atom stereocenters. The topological polar surface area (TPSA) is 48.2 Å². The summed E-state index contributed by atoms with van der Waals surface area (Å²) in [5, 5.41) is 11.9. The number of nitriles is 1. The van der Waals surface area contributed by atoms with Crippen molar-refractivity contribution < 1.29 is 0 Å². The van der Waals surface area contributed by atoms with E-state index >= 15 is 0 Å². The summed E-state index contributed by atoms with van der Waals surface area (Å²) in [6.07, 6.45) is 9.23. The summed E-state index contributed by atoms with van der Waals surface area (Å²) >= 11 is 1.53. The summed E-state index contributed by atoms with van der Waals surface area (Å²) in [5.41, 5.74) is 0. The summed E-state index contributed by atoms with van der Waals surface area (Å²) in [4.78, 5) is 4.61. The third kappa shape index (κ3) is 1.88. The number of fused-ring (bicyclic) bond motifs is 2. The van der Waals surface area contributed by atoms with E-state index in [1.807, 2.05) is 12.4 Å². The molecule has 0 aromatic carbocycles. The van der Waals surface area contributed by atoms with Crippen LogP contribution in [0.5, 0.6) is 0 Å². The second-order valence-electron chi connectivity index (χ2n) is 4.12. The molecule has 2 saturated carbocycles. The van der Waals surface area contributed by atoms with Crippen LogP contribution in [0.1, 0.15) is 25.7 Å². The van der Waals surface area contributed by atoms with E-state index in [-0.39, 0.29) is 0 Å². The van der Waals surface area contributed by atoms with Crippen LogP contribution in [0.3, 0.4) is 0 Å². The lowest BCUT2D eigenvalue weighted by molar-refractivity contribution is 0.420. The molecule has 0 saturated heterocycles. The third-order valence-corrected chi connectivity index (χ3v) is 3.93. The molecule has 2 aliphatic carbocycles. The van der Waals surface area contributed by atoms with Crippen LogP contribution in [0.4, 0.5) is 0 Å². The molecule has 2 bridgehead atoms. The van der Waals surface area contributed by atoms with Gasteiger partial charge < -0.3 is 0 Å². The summed E-state index contributed by atoms with van der Waals surface area (Å²) in [5.74, 6) is 1.71. The summed E-state index contributed by atoms with van der Waals surface area (Å²) in [6, 6.07) is 0.483. The number of hydrogen-bond acceptors (Lipinski definition) is 3. The Kier molecular flexibility index (Phi) is 2.97. The van der Waals surface area contributed by atoms with Crippen LogP contribution in [0, 0.1) is 23.3 Å². The van der Waals surface area contributed by atoms with Gasteiger partial charge in [-0.1, -0.05) is 18.2 Å². The summed E-state index contributed by atoms with van der Waals surface area (Å²) < 4.78 is 0. The fourth-order valence-electron chi connectivity index (χ4n) is 2.70. The average molecular weight is 209 g/mol. The highest BCUT2D eigenvalue weighted by molar-refractivity contribution is 8.13. The van der Waals surface area contributed by atoms with Crippen LogP contribution in [0.25, 0.3) is 0 Å². The van der Waals surface area contributed by atoms with E-state index in [9.17, 15) is 0 Å². The van der Waals surface area contributed by atoms with Crippen LogP contribution in [0.2, 0.25) is 0 Å². The number of amidine groups is 1. The van der Waals surface area contributed by atoms with Crippen LogP contribution >= 0.6 is 11.8 Å². The lowest BCUT2D eigenvalue weighted by Crippen LogP contribution is -2.21. The summed E-state index contributed by atoms with van der Waals surface area (Å²) in [7, 11) is 0. The van der Waals surface area contributed by atoms with Crippen molar-refractivity contribution in [1.82, 2.24) is 5.32 Å². The molecule has 2 fully saturated rings. The van der Waals surface area contributed by atoms with E-state index in [2.05, 4.69) is 10.3 Å². The van der Waals surface area contributed by atoms with Crippen molar-refractivity contribution in [1.29, 1.82) is 5.26 Å². The zero-order valence-electron chi connectivity index (χ0n) is 8.36. The SMILES string of the molecule is CSC(=N[C@H]1C[C@H]2CC[C@H]1C2)NC#N. The Bertz CT molecular complexity index is 282. The van der Waals surface area contributed by atoms with Gasteiger partial charge in [-0.05, 0) is 37.4 Å². The first-order chi connectivity index (χ1) is 6.83. The number of rotatable bonds is 1. The molecule has 76 valence electrons. The molecule has 3 nitrogen and oxygen atoms in total. The largest absolute Gasteiger partial charge is 0.272 e. The maximum Gasteiger partial charge on any atom is 0.183 e. The molecular weight excluding hydrogens is 194 g/mol. The fraction of sp³-hybridized carbons (Fsp3) is 0.800. The Morgan fingerprint density at radius 3 is 2.86 bits per heavy atom. The number of nitrogens with one attached hydrogen (secondary N) is 1. The number of hydrogen-bond donors (Lipinski definition) is 1. The monoisotopic (exact) mass is 209 g/mol. The smallest absolute Gasteiger partial charge is 0.183 e. The highest BCUT2D eigenvalue weighted by Crippen LogP contribution is 2.46. The number of nitrogens with zero attached hydrogens (tertiary/aromatic N) is 2. The van der Waals surface area contributed by atoms with Gasteiger partial charge in [0.2, 0.25) is 0 Å². The molecule has 2 aliphatic rings. The molecule has 0 radical (unpaired) electrons. The van der Waals surface area contributed by atoms with E-state index in [4.69, 9.17) is 5.26 Å². The summed E-state index contributed by atoms with van der Waals surface area (Å²) in [6.45, 7) is 0. The van der Waals surface area contributed by atoms with Crippen LogP contribution in [0.15, 0.2) is 4.99 Å². The maximum atomic E-state index is 8.52. The fourth-order valence-corrected chi connectivity index (χ4v) is 3.09. The number of aliphatic imine (C=N–C) groups is 1. The zero-order chi connectivity index (χ0) is 9.97. The third-order valence-electron chi connectivity index (χ3n) is 3.34. The quantitative estimate of drug-likeness (QED) is 0.311. The first-order valence-electron chi connectivity index (χ1n) is 5.10. The maximum absolute atomic E-state index is 8.52. The van der Waals surface area contributed by atoms with Gasteiger partial charge in [0.25, 0.3) is 0 Å². The lowest BCUT2D eigenvalue weighted by Gasteiger charge is -2.18. The molecule has 0 spiro atoms. The molecule has 14 heavy (non-hydrogen) atoms. The first kappa shape index (κ1) is 9.85. The molecule has 0 amide bonds. The van der Waals surface area contributed by atoms with Crippen molar-refractivity contribution >= 4 is 16.9 Å². The standard InChI is InChI=1S/C10H15N3S/c1-14-10(12-6-11)13-9-5-7-2-3-8(9)4-7/h7-9H,2-5H2,1H3,(H,12,13)/t7-,8-,9-/m0/s1. The molecule has 0 aromatic rings. The average Bonchev–Trinajstić information content (AvgIpc) is 2.78. The van der Waals surface area contributed by atoms with Crippen molar-refractivity contribution in [2.75, 3.05) is 6.26 Å². The molecule has 0 heterocycles. The highest BCUT2D eigenvalue weighted by Gasteiger charge is 2.39. The molecule has 3 atom stereocenters. The Hall–Kier alpha value is -0.690. The Morgan fingerprint density at radius 1 is 1.50 bits per heavy atom. The van der Waals surface area contributed by atoms with E-state index in [1.165, 1.54) is 37.4 Å². The predicted octanol–water partition coefficient (Wildman–Crippen LogP) is 1.96. The highest BCUT2D eigenvalue weighted by atomic mass is 32.2. The molecule has 0 aliphatic heterocycles. The Balaban J connectivity index is 1.99. The minimum absolute atomic E-state index is 0.483. The molecule has 2 rings (SSSR count). The number of thioether (sulfide) groups is 1. The molecule has 4 heteroatoms. The minimum atomic E-state index is 0.483. The van der Waals surface area contributed by atoms with E-state index < -0.39 is 0 Å². The van der Waals surface area contributed by atoms with Gasteiger partial charge in [0.15, 0.2) is 11.4 Å². The van der Waals surface area contributed by atoms with Crippen molar-refractivity contribution in [3.05, 3.63) is 0 Å². The van der Waals surface area contributed by atoms with Gasteiger partial charge in [0.05, 0.1) is 6.04 Å². The van der Waals surface area contributed by atoms with Crippen molar-refractivity contribution in [3.63, 3.8) is 0 Å². The van der Waals surface area contributed by atoms with Gasteiger partial charge in [0.1, 0.15) is 0 Å². The van der Waals surface area contributed by atoms with Gasteiger partial charge in [-0.15, -0.1) is 0 Å². The first-order valence-corrected chi connectivity index (χ1v) is 6.33. The minimum Gasteiger partial charge on any atom is -0.272 e. The molecule has 0 aromatic heterocycles. The lowest BCUT2D eigenvalue weighted by atomic mass is 9.96.